The van der Waals surface area contributed by atoms with E-state index in [2.05, 4.69) is 32.9 Å². The first-order valence-corrected chi connectivity index (χ1v) is 11.9. The molecule has 0 aromatic carbocycles. The molecule has 6 nitrogen and oxygen atoms in total. The molecule has 27 heavy (non-hydrogen) atoms. The summed E-state index contributed by atoms with van der Waals surface area (Å²) >= 11 is 0. The molecule has 0 aliphatic rings. The minimum absolute atomic E-state index is 0.198. The van der Waals surface area contributed by atoms with Crippen molar-refractivity contribution < 1.29 is 37.3 Å². The predicted octanol–water partition coefficient (Wildman–Crippen LogP) is 5.38. The van der Waals surface area contributed by atoms with Crippen molar-refractivity contribution in [3.8, 4) is 0 Å². The Morgan fingerprint density at radius 2 is 1.41 bits per heavy atom. The first kappa shape index (κ1) is 26.4. The van der Waals surface area contributed by atoms with Gasteiger partial charge in [0, 0.05) is 0 Å². The molecule has 0 spiro atoms. The standard InChI is InChI=1S/C17H30F2O6P2/c1-14(2)7-5-8-15(3)9-6-10-16(4)11-12-25-13-26(20,21)17(18,19)27(22,23)24/h7,9,11H,5-6,8,10,12-13H2,1-4H3,(H,20,21)(H2,22,23,24)/b15-9+,16-11+. The Morgan fingerprint density at radius 3 is 1.89 bits per heavy atom. The smallest absolute Gasteiger partial charge is 0.367 e. The molecule has 0 radical (unpaired) electrons. The van der Waals surface area contributed by atoms with E-state index in [-0.39, 0.29) is 6.61 Å². The van der Waals surface area contributed by atoms with Crippen LogP contribution >= 0.6 is 15.0 Å². The Balaban J connectivity index is 4.36. The van der Waals surface area contributed by atoms with Gasteiger partial charge in [0.2, 0.25) is 0 Å². The van der Waals surface area contributed by atoms with Crippen LogP contribution in [0.5, 0.6) is 0 Å². The Bertz CT molecular complexity index is 660. The van der Waals surface area contributed by atoms with Crippen LogP contribution in [0, 0.1) is 0 Å². The first-order valence-electron chi connectivity index (χ1n) is 8.48. The van der Waals surface area contributed by atoms with Crippen molar-refractivity contribution in [1.82, 2.24) is 0 Å². The van der Waals surface area contributed by atoms with E-state index in [1.807, 2.05) is 6.92 Å². The second-order valence-corrected chi connectivity index (χ2v) is 10.9. The van der Waals surface area contributed by atoms with Crippen LogP contribution in [-0.4, -0.2) is 33.0 Å². The first-order chi connectivity index (χ1) is 12.2. The van der Waals surface area contributed by atoms with E-state index in [0.717, 1.165) is 31.3 Å². The number of ether oxygens (including phenoxy) is 1. The van der Waals surface area contributed by atoms with Crippen LogP contribution in [-0.2, 0) is 13.9 Å². The third-order valence-electron chi connectivity index (χ3n) is 3.71. The molecule has 10 heteroatoms. The molecule has 1 atom stereocenters. The predicted molar refractivity (Wildman–Crippen MR) is 103 cm³/mol. The number of rotatable bonds is 12. The quantitative estimate of drug-likeness (QED) is 0.218. The Hall–Kier alpha value is -0.620. The molecule has 0 aliphatic heterocycles. The van der Waals surface area contributed by atoms with E-state index in [4.69, 9.17) is 14.5 Å². The van der Waals surface area contributed by atoms with Gasteiger partial charge in [-0.2, -0.15) is 8.78 Å². The minimum Gasteiger partial charge on any atom is -0.367 e. The topological polar surface area (TPSA) is 104 Å². The maximum absolute atomic E-state index is 13.3. The molecular weight excluding hydrogens is 400 g/mol. The normalized spacial score (nSPS) is 16.2. The van der Waals surface area contributed by atoms with Crippen LogP contribution < -0.4 is 0 Å². The highest BCUT2D eigenvalue weighted by Crippen LogP contribution is 2.72. The van der Waals surface area contributed by atoms with Gasteiger partial charge < -0.3 is 19.4 Å². The molecule has 0 heterocycles. The van der Waals surface area contributed by atoms with E-state index in [1.54, 1.807) is 6.08 Å². The lowest BCUT2D eigenvalue weighted by Gasteiger charge is -2.22. The van der Waals surface area contributed by atoms with E-state index < -0.39 is 26.7 Å². The summed E-state index contributed by atoms with van der Waals surface area (Å²) < 4.78 is 53.4. The number of alkyl halides is 2. The molecule has 0 fully saturated rings. The van der Waals surface area contributed by atoms with Crippen LogP contribution in [0.3, 0.4) is 0 Å². The third kappa shape index (κ3) is 9.93. The fourth-order valence-corrected chi connectivity index (χ4v) is 4.31. The second-order valence-electron chi connectivity index (χ2n) is 6.71. The van der Waals surface area contributed by atoms with Crippen LogP contribution in [0.4, 0.5) is 8.78 Å². The Labute approximate surface area is 159 Å². The fourth-order valence-electron chi connectivity index (χ4n) is 2.00. The number of hydrogen-bond acceptors (Lipinski definition) is 3. The molecule has 0 saturated carbocycles. The van der Waals surface area contributed by atoms with Crippen molar-refractivity contribution in [3.05, 3.63) is 34.9 Å². The van der Waals surface area contributed by atoms with Gasteiger partial charge in [-0.15, -0.1) is 0 Å². The average Bonchev–Trinajstić information content (AvgIpc) is 2.50. The van der Waals surface area contributed by atoms with Gasteiger partial charge >= 0.3 is 20.4 Å². The molecule has 0 amide bonds. The summed E-state index contributed by atoms with van der Waals surface area (Å²) in [4.78, 5) is 26.2. The highest BCUT2D eigenvalue weighted by atomic mass is 31.2. The highest BCUT2D eigenvalue weighted by molar-refractivity contribution is 7.74. The molecule has 1 unspecified atom stereocenters. The zero-order valence-electron chi connectivity index (χ0n) is 16.2. The average molecular weight is 430 g/mol. The highest BCUT2D eigenvalue weighted by Gasteiger charge is 2.63. The molecule has 0 rings (SSSR count). The molecule has 158 valence electrons. The van der Waals surface area contributed by atoms with E-state index >= 15 is 0 Å². The van der Waals surface area contributed by atoms with Gasteiger partial charge in [0.15, 0.2) is 0 Å². The Morgan fingerprint density at radius 1 is 0.926 bits per heavy atom. The Kier molecular flexibility index (Phi) is 11.1. The molecule has 0 aromatic heterocycles. The van der Waals surface area contributed by atoms with Crippen LogP contribution in [0.25, 0.3) is 0 Å². The summed E-state index contributed by atoms with van der Waals surface area (Å²) in [6, 6.07) is 0. The van der Waals surface area contributed by atoms with Gasteiger partial charge in [0.1, 0.15) is 6.35 Å². The molecule has 3 N–H and O–H groups in total. The SMILES string of the molecule is CC(C)=CCC/C(C)=C/CC/C(C)=C/COCP(=O)(O)C(F)(F)P(=O)(O)O. The summed E-state index contributed by atoms with van der Waals surface area (Å²) in [5.74, 6) is 0. The lowest BCUT2D eigenvalue weighted by molar-refractivity contribution is 0.110. The van der Waals surface area contributed by atoms with Crippen molar-refractivity contribution >= 4 is 15.0 Å². The number of halogens is 2. The second kappa shape index (κ2) is 11.4. The van der Waals surface area contributed by atoms with E-state index in [1.165, 1.54) is 11.1 Å². The number of hydrogen-bond donors (Lipinski definition) is 3. The number of allylic oxidation sites excluding steroid dienone is 5. The summed E-state index contributed by atoms with van der Waals surface area (Å²) in [6.07, 6.45) is 8.05. The lowest BCUT2D eigenvalue weighted by atomic mass is 10.1. The van der Waals surface area contributed by atoms with Gasteiger partial charge in [0.05, 0.1) is 6.61 Å². The van der Waals surface area contributed by atoms with E-state index in [0.29, 0.717) is 0 Å². The van der Waals surface area contributed by atoms with Crippen molar-refractivity contribution in [1.29, 1.82) is 0 Å². The maximum Gasteiger partial charge on any atom is 0.419 e. The summed E-state index contributed by atoms with van der Waals surface area (Å²) in [5, 5.41) is -5.02. The zero-order chi connectivity index (χ0) is 21.3. The molecular formula is C17H30F2O6P2. The molecule has 0 aliphatic carbocycles. The summed E-state index contributed by atoms with van der Waals surface area (Å²) in [7, 11) is -11.5. The summed E-state index contributed by atoms with van der Waals surface area (Å²) in [5.41, 5.74) is 3.47. The van der Waals surface area contributed by atoms with Gasteiger partial charge in [-0.25, -0.2) is 0 Å². The third-order valence-corrected chi connectivity index (χ3v) is 7.50. The lowest BCUT2D eigenvalue weighted by Crippen LogP contribution is -2.19. The van der Waals surface area contributed by atoms with Crippen LogP contribution in [0.2, 0.25) is 0 Å². The van der Waals surface area contributed by atoms with E-state index in [9.17, 15) is 22.8 Å². The maximum atomic E-state index is 13.3. The van der Waals surface area contributed by atoms with Crippen LogP contribution in [0.1, 0.15) is 53.4 Å². The molecule has 0 bridgehead atoms. The van der Waals surface area contributed by atoms with Gasteiger partial charge in [-0.05, 0) is 53.4 Å². The van der Waals surface area contributed by atoms with Crippen LogP contribution in [0.15, 0.2) is 34.9 Å². The fraction of sp³-hybridized carbons (Fsp3) is 0.647. The van der Waals surface area contributed by atoms with Gasteiger partial charge in [0.25, 0.3) is 0 Å². The minimum atomic E-state index is -6.05. The monoisotopic (exact) mass is 430 g/mol. The van der Waals surface area contributed by atoms with Crippen molar-refractivity contribution in [2.75, 3.05) is 13.0 Å². The van der Waals surface area contributed by atoms with Gasteiger partial charge in [-0.3, -0.25) is 9.13 Å². The zero-order valence-corrected chi connectivity index (χ0v) is 18.0. The summed E-state index contributed by atoms with van der Waals surface area (Å²) in [6.45, 7) is 7.78. The van der Waals surface area contributed by atoms with Crippen molar-refractivity contribution in [2.24, 2.45) is 0 Å². The van der Waals surface area contributed by atoms with Crippen molar-refractivity contribution in [2.45, 2.75) is 58.8 Å². The molecule has 0 saturated heterocycles. The molecule has 0 aromatic rings. The largest absolute Gasteiger partial charge is 0.419 e. The van der Waals surface area contributed by atoms with Gasteiger partial charge in [-0.1, -0.05) is 34.9 Å². The van der Waals surface area contributed by atoms with Crippen molar-refractivity contribution in [3.63, 3.8) is 0 Å².